The second kappa shape index (κ2) is 6.29. The highest BCUT2D eigenvalue weighted by atomic mass is 127. The van der Waals surface area contributed by atoms with E-state index in [4.69, 9.17) is 5.84 Å². The van der Waals surface area contributed by atoms with E-state index in [0.717, 1.165) is 21.3 Å². The van der Waals surface area contributed by atoms with E-state index in [1.54, 1.807) is 12.1 Å². The number of benzene rings is 2. The van der Waals surface area contributed by atoms with Crippen LogP contribution in [0.4, 0.5) is 17.6 Å². The fourth-order valence-electron chi connectivity index (χ4n) is 2.01. The van der Waals surface area contributed by atoms with Gasteiger partial charge in [0.2, 0.25) is 0 Å². The lowest BCUT2D eigenvalue weighted by molar-refractivity contribution is -0.140. The third-order valence-electron chi connectivity index (χ3n) is 3.01. The summed E-state index contributed by atoms with van der Waals surface area (Å²) in [4.78, 5) is 0. The lowest BCUT2D eigenvalue weighted by Gasteiger charge is -2.20. The number of nitrogens with two attached hydrogens (primary N) is 1. The topological polar surface area (TPSA) is 38.0 Å². The monoisotopic (exact) mass is 410 g/mol. The summed E-state index contributed by atoms with van der Waals surface area (Å²) < 4.78 is 52.5. The molecule has 0 bridgehead atoms. The number of hydrogen-bond donors (Lipinski definition) is 2. The number of rotatable bonds is 3. The fraction of sp³-hybridized carbons (Fsp3) is 0.143. The second-order valence-electron chi connectivity index (χ2n) is 4.36. The molecule has 0 aliphatic carbocycles. The van der Waals surface area contributed by atoms with E-state index in [2.05, 4.69) is 28.0 Å². The largest absolute Gasteiger partial charge is 0.419 e. The Bertz CT molecular complexity index is 643. The normalized spacial score (nSPS) is 13.2. The summed E-state index contributed by atoms with van der Waals surface area (Å²) >= 11 is 2.07. The van der Waals surface area contributed by atoms with Gasteiger partial charge in [0.1, 0.15) is 5.82 Å². The maximum Gasteiger partial charge on any atom is 0.419 e. The van der Waals surface area contributed by atoms with Gasteiger partial charge in [-0.2, -0.15) is 13.2 Å². The van der Waals surface area contributed by atoms with E-state index in [-0.39, 0.29) is 5.56 Å². The highest BCUT2D eigenvalue weighted by Gasteiger charge is 2.34. The number of halogens is 5. The number of hydrazine groups is 1. The molecule has 0 aliphatic rings. The van der Waals surface area contributed by atoms with Gasteiger partial charge in [0.15, 0.2) is 0 Å². The van der Waals surface area contributed by atoms with Crippen molar-refractivity contribution in [3.05, 3.63) is 68.5 Å². The van der Waals surface area contributed by atoms with Crippen LogP contribution in [0.5, 0.6) is 0 Å². The average Bonchev–Trinajstić information content (AvgIpc) is 2.42. The summed E-state index contributed by atoms with van der Waals surface area (Å²) in [7, 11) is 0. The molecule has 0 amide bonds. The zero-order valence-electron chi connectivity index (χ0n) is 10.6. The molecule has 0 aromatic heterocycles. The Hall–Kier alpha value is -1.19. The van der Waals surface area contributed by atoms with Crippen molar-refractivity contribution in [2.75, 3.05) is 0 Å². The Morgan fingerprint density at radius 2 is 1.76 bits per heavy atom. The lowest BCUT2D eigenvalue weighted by atomic mass is 9.97. The average molecular weight is 410 g/mol. The Kier molecular flexibility index (Phi) is 4.84. The van der Waals surface area contributed by atoms with Gasteiger partial charge in [-0.3, -0.25) is 5.84 Å². The predicted octanol–water partition coefficient (Wildman–Crippen LogP) is 4.00. The van der Waals surface area contributed by atoms with Crippen LogP contribution in [0.15, 0.2) is 42.5 Å². The summed E-state index contributed by atoms with van der Waals surface area (Å²) in [5, 5.41) is 0. The van der Waals surface area contributed by atoms with E-state index in [0.29, 0.717) is 0 Å². The van der Waals surface area contributed by atoms with Crippen molar-refractivity contribution in [2.45, 2.75) is 12.2 Å². The van der Waals surface area contributed by atoms with Gasteiger partial charge >= 0.3 is 6.18 Å². The zero-order chi connectivity index (χ0) is 15.6. The Morgan fingerprint density at radius 3 is 2.33 bits per heavy atom. The van der Waals surface area contributed by atoms with Crippen molar-refractivity contribution in [1.29, 1.82) is 0 Å². The van der Waals surface area contributed by atoms with Crippen LogP contribution in [0, 0.1) is 9.39 Å². The minimum Gasteiger partial charge on any atom is -0.271 e. The molecule has 0 saturated heterocycles. The minimum absolute atomic E-state index is 0.246. The van der Waals surface area contributed by atoms with Crippen molar-refractivity contribution < 1.29 is 17.6 Å². The van der Waals surface area contributed by atoms with E-state index in [9.17, 15) is 17.6 Å². The maximum atomic E-state index is 13.3. The molecule has 2 aromatic carbocycles. The van der Waals surface area contributed by atoms with E-state index < -0.39 is 23.6 Å². The third kappa shape index (κ3) is 3.53. The molecule has 0 saturated carbocycles. The Morgan fingerprint density at radius 1 is 1.10 bits per heavy atom. The van der Waals surface area contributed by atoms with E-state index in [1.807, 2.05) is 12.1 Å². The zero-order valence-corrected chi connectivity index (χ0v) is 12.7. The van der Waals surface area contributed by atoms with Gasteiger partial charge in [-0.1, -0.05) is 24.3 Å². The molecule has 21 heavy (non-hydrogen) atoms. The van der Waals surface area contributed by atoms with E-state index >= 15 is 0 Å². The molecule has 0 heterocycles. The van der Waals surface area contributed by atoms with Gasteiger partial charge in [-0.05, 0) is 51.9 Å². The second-order valence-corrected chi connectivity index (χ2v) is 5.52. The first-order valence-corrected chi connectivity index (χ1v) is 6.99. The van der Waals surface area contributed by atoms with Crippen LogP contribution in [-0.2, 0) is 6.18 Å². The van der Waals surface area contributed by atoms with Gasteiger partial charge in [0.25, 0.3) is 0 Å². The van der Waals surface area contributed by atoms with Gasteiger partial charge in [0, 0.05) is 3.57 Å². The number of nitrogens with one attached hydrogen (secondary N) is 1. The van der Waals surface area contributed by atoms with Gasteiger partial charge in [-0.25, -0.2) is 9.82 Å². The van der Waals surface area contributed by atoms with Crippen molar-refractivity contribution in [2.24, 2.45) is 5.84 Å². The van der Waals surface area contributed by atoms with Crippen LogP contribution >= 0.6 is 22.6 Å². The molecule has 0 fully saturated rings. The molecule has 1 unspecified atom stereocenters. The number of alkyl halides is 3. The smallest absolute Gasteiger partial charge is 0.271 e. The first kappa shape index (κ1) is 16.2. The predicted molar refractivity (Wildman–Crippen MR) is 79.7 cm³/mol. The van der Waals surface area contributed by atoms with Crippen LogP contribution < -0.4 is 11.3 Å². The molecular formula is C14H11F4IN2. The first-order valence-electron chi connectivity index (χ1n) is 5.91. The molecule has 2 aromatic rings. The molecule has 1 atom stereocenters. The van der Waals surface area contributed by atoms with Crippen LogP contribution in [-0.4, -0.2) is 0 Å². The summed E-state index contributed by atoms with van der Waals surface area (Å²) in [6.07, 6.45) is -4.75. The standard InChI is InChI=1S/C14H11F4IN2/c15-11-6-5-8(7-10(11)14(16,17)18)13(21-20)9-3-1-2-4-12(9)19/h1-7,13,21H,20H2. The Balaban J connectivity index is 2.52. The SMILES string of the molecule is NNC(c1ccc(F)c(C(F)(F)F)c1)c1ccccc1I. The molecule has 2 nitrogen and oxygen atoms in total. The highest BCUT2D eigenvalue weighted by Crippen LogP contribution is 2.34. The van der Waals surface area contributed by atoms with Crippen LogP contribution in [0.2, 0.25) is 0 Å². The Labute approximate surface area is 132 Å². The molecule has 3 N–H and O–H groups in total. The van der Waals surface area contributed by atoms with Crippen LogP contribution in [0.3, 0.4) is 0 Å². The summed E-state index contributed by atoms with van der Waals surface area (Å²) in [6.45, 7) is 0. The molecule has 112 valence electrons. The molecule has 0 radical (unpaired) electrons. The van der Waals surface area contributed by atoms with Crippen LogP contribution in [0.25, 0.3) is 0 Å². The van der Waals surface area contributed by atoms with Crippen molar-refractivity contribution in [1.82, 2.24) is 5.43 Å². The van der Waals surface area contributed by atoms with Gasteiger partial charge in [0.05, 0.1) is 11.6 Å². The fourth-order valence-corrected chi connectivity index (χ4v) is 2.71. The molecular weight excluding hydrogens is 399 g/mol. The van der Waals surface area contributed by atoms with Gasteiger partial charge < -0.3 is 0 Å². The summed E-state index contributed by atoms with van der Waals surface area (Å²) in [5.74, 6) is 4.17. The number of hydrogen-bond acceptors (Lipinski definition) is 2. The maximum absolute atomic E-state index is 13.3. The third-order valence-corrected chi connectivity index (χ3v) is 3.99. The minimum atomic E-state index is -4.75. The molecule has 0 aliphatic heterocycles. The molecule has 7 heteroatoms. The van der Waals surface area contributed by atoms with Crippen molar-refractivity contribution >= 4 is 22.6 Å². The quantitative estimate of drug-likeness (QED) is 0.348. The van der Waals surface area contributed by atoms with Crippen LogP contribution in [0.1, 0.15) is 22.7 Å². The van der Waals surface area contributed by atoms with Crippen molar-refractivity contribution in [3.63, 3.8) is 0 Å². The molecule has 0 spiro atoms. The molecule has 2 rings (SSSR count). The first-order chi connectivity index (χ1) is 9.84. The van der Waals surface area contributed by atoms with Gasteiger partial charge in [-0.15, -0.1) is 0 Å². The summed E-state index contributed by atoms with van der Waals surface area (Å²) in [5.41, 5.74) is 2.15. The van der Waals surface area contributed by atoms with Crippen molar-refractivity contribution in [3.8, 4) is 0 Å². The van der Waals surface area contributed by atoms with E-state index in [1.165, 1.54) is 6.07 Å². The highest BCUT2D eigenvalue weighted by molar-refractivity contribution is 14.1. The summed E-state index contributed by atoms with van der Waals surface area (Å²) in [6, 6.07) is 9.36. The lowest BCUT2D eigenvalue weighted by Crippen LogP contribution is -2.29.